The van der Waals surface area contributed by atoms with Crippen molar-refractivity contribution >= 4 is 11.8 Å². The maximum absolute atomic E-state index is 12.6. The van der Waals surface area contributed by atoms with E-state index in [4.69, 9.17) is 0 Å². The molecule has 0 radical (unpaired) electrons. The second-order valence-electron chi connectivity index (χ2n) is 4.95. The fraction of sp³-hybridized carbons (Fsp3) is 0.714. The van der Waals surface area contributed by atoms with Crippen LogP contribution in [0.5, 0.6) is 5.88 Å². The van der Waals surface area contributed by atoms with Gasteiger partial charge in [-0.3, -0.25) is 9.36 Å². The molecule has 0 aromatic carbocycles. The van der Waals surface area contributed by atoms with Crippen molar-refractivity contribution in [2.24, 2.45) is 0 Å². The third kappa shape index (κ3) is 2.96. The minimum atomic E-state index is -0.0875. The highest BCUT2D eigenvalue weighted by atomic mass is 32.2. The van der Waals surface area contributed by atoms with Crippen molar-refractivity contribution in [3.63, 3.8) is 0 Å². The van der Waals surface area contributed by atoms with Crippen molar-refractivity contribution in [1.29, 1.82) is 0 Å². The quantitative estimate of drug-likeness (QED) is 0.681. The highest BCUT2D eigenvalue weighted by molar-refractivity contribution is 7.99. The van der Waals surface area contributed by atoms with Crippen LogP contribution in [0.1, 0.15) is 57.6 Å². The van der Waals surface area contributed by atoms with Crippen LogP contribution in [0.4, 0.5) is 0 Å². The van der Waals surface area contributed by atoms with Crippen molar-refractivity contribution in [3.05, 3.63) is 15.9 Å². The second kappa shape index (κ2) is 6.46. The van der Waals surface area contributed by atoms with Gasteiger partial charge in [0.05, 0.1) is 5.56 Å². The summed E-state index contributed by atoms with van der Waals surface area (Å²) in [7, 11) is 0. The fourth-order valence-corrected chi connectivity index (χ4v) is 3.52. The van der Waals surface area contributed by atoms with Gasteiger partial charge in [-0.15, -0.1) is 0 Å². The molecule has 106 valence electrons. The first-order valence-electron chi connectivity index (χ1n) is 7.16. The van der Waals surface area contributed by atoms with Gasteiger partial charge in [0.1, 0.15) is 0 Å². The molecule has 1 heterocycles. The Morgan fingerprint density at radius 1 is 1.32 bits per heavy atom. The highest BCUT2D eigenvalue weighted by Gasteiger charge is 2.23. The largest absolute Gasteiger partial charge is 0.493 e. The fourth-order valence-electron chi connectivity index (χ4n) is 2.74. The lowest BCUT2D eigenvalue weighted by Crippen LogP contribution is -2.31. The van der Waals surface area contributed by atoms with Crippen LogP contribution >= 0.6 is 11.8 Å². The van der Waals surface area contributed by atoms with E-state index in [1.54, 1.807) is 0 Å². The Morgan fingerprint density at radius 3 is 2.58 bits per heavy atom. The maximum atomic E-state index is 12.6. The summed E-state index contributed by atoms with van der Waals surface area (Å²) in [5.41, 5.74) is 0.406. The summed E-state index contributed by atoms with van der Waals surface area (Å²) in [4.78, 5) is 16.8. The third-order valence-electron chi connectivity index (χ3n) is 3.72. The number of nitrogens with zero attached hydrogens (tertiary/aromatic N) is 2. The van der Waals surface area contributed by atoms with Crippen LogP contribution in [-0.4, -0.2) is 20.4 Å². The van der Waals surface area contributed by atoms with Crippen LogP contribution in [0.3, 0.4) is 0 Å². The summed E-state index contributed by atoms with van der Waals surface area (Å²) in [5.74, 6) is 0.764. The minimum absolute atomic E-state index is 0.0437. The summed E-state index contributed by atoms with van der Waals surface area (Å²) in [6.07, 6.45) is 6.24. The topological polar surface area (TPSA) is 55.1 Å². The van der Waals surface area contributed by atoms with Crippen molar-refractivity contribution in [2.75, 3.05) is 5.75 Å². The van der Waals surface area contributed by atoms with Gasteiger partial charge >= 0.3 is 0 Å². The molecular formula is C14H22N2O2S. The normalized spacial score (nSPS) is 16.7. The molecule has 1 aromatic rings. The average Bonchev–Trinajstić information content (AvgIpc) is 2.40. The van der Waals surface area contributed by atoms with E-state index in [0.717, 1.165) is 18.6 Å². The summed E-state index contributed by atoms with van der Waals surface area (Å²) in [6.45, 7) is 3.92. The average molecular weight is 282 g/mol. The van der Waals surface area contributed by atoms with E-state index in [2.05, 4.69) is 4.98 Å². The van der Waals surface area contributed by atoms with Gasteiger partial charge < -0.3 is 5.11 Å². The number of aromatic hydroxyl groups is 1. The molecule has 5 heteroatoms. The van der Waals surface area contributed by atoms with Crippen molar-refractivity contribution in [2.45, 2.75) is 63.6 Å². The Bertz CT molecular complexity index is 493. The van der Waals surface area contributed by atoms with Crippen LogP contribution in [0.2, 0.25) is 0 Å². The molecule has 1 N–H and O–H groups in total. The summed E-state index contributed by atoms with van der Waals surface area (Å²) < 4.78 is 1.84. The van der Waals surface area contributed by atoms with Crippen molar-refractivity contribution < 1.29 is 5.11 Å². The predicted octanol–water partition coefficient (Wildman–Crippen LogP) is 3.13. The Hall–Kier alpha value is -0.970. The van der Waals surface area contributed by atoms with Gasteiger partial charge in [0.15, 0.2) is 5.16 Å². The van der Waals surface area contributed by atoms with Gasteiger partial charge in [0.2, 0.25) is 5.88 Å². The molecule has 0 saturated heterocycles. The minimum Gasteiger partial charge on any atom is -0.493 e. The zero-order valence-corrected chi connectivity index (χ0v) is 12.5. The first-order valence-corrected chi connectivity index (χ1v) is 8.14. The Morgan fingerprint density at radius 2 is 2.00 bits per heavy atom. The molecule has 2 rings (SSSR count). The maximum Gasteiger partial charge on any atom is 0.261 e. The predicted molar refractivity (Wildman–Crippen MR) is 78.1 cm³/mol. The standard InChI is InChI=1S/C14H22N2O2S/c1-3-11-12(17)15-14(19-4-2)16(13(11)18)10-8-6-5-7-9-10/h10,17H,3-9H2,1-2H3. The Balaban J connectivity index is 2.50. The molecule has 19 heavy (non-hydrogen) atoms. The van der Waals surface area contributed by atoms with Crippen LogP contribution in [0.15, 0.2) is 9.95 Å². The zero-order chi connectivity index (χ0) is 13.8. The van der Waals surface area contributed by atoms with Gasteiger partial charge in [-0.2, -0.15) is 4.98 Å². The van der Waals surface area contributed by atoms with E-state index in [1.807, 2.05) is 18.4 Å². The first-order chi connectivity index (χ1) is 9.19. The Labute approximate surface area is 118 Å². The van der Waals surface area contributed by atoms with Crippen LogP contribution in [-0.2, 0) is 6.42 Å². The van der Waals surface area contributed by atoms with Gasteiger partial charge in [-0.25, -0.2) is 0 Å². The number of hydrogen-bond acceptors (Lipinski definition) is 4. The molecule has 0 spiro atoms. The van der Waals surface area contributed by atoms with E-state index in [-0.39, 0.29) is 17.5 Å². The number of aromatic nitrogens is 2. The molecule has 1 aliphatic rings. The summed E-state index contributed by atoms with van der Waals surface area (Å²) in [5, 5.41) is 10.6. The molecule has 0 unspecified atom stereocenters. The highest BCUT2D eigenvalue weighted by Crippen LogP contribution is 2.31. The number of thioether (sulfide) groups is 1. The van der Waals surface area contributed by atoms with Crippen LogP contribution in [0.25, 0.3) is 0 Å². The molecule has 0 aliphatic heterocycles. The van der Waals surface area contributed by atoms with Crippen LogP contribution in [0, 0.1) is 0 Å². The molecular weight excluding hydrogens is 260 g/mol. The van der Waals surface area contributed by atoms with Gasteiger partial charge in [-0.05, 0) is 25.0 Å². The molecule has 1 aromatic heterocycles. The monoisotopic (exact) mass is 282 g/mol. The molecule has 0 atom stereocenters. The smallest absolute Gasteiger partial charge is 0.261 e. The van der Waals surface area contributed by atoms with Crippen molar-refractivity contribution in [3.8, 4) is 5.88 Å². The molecule has 1 fully saturated rings. The first kappa shape index (κ1) is 14.4. The van der Waals surface area contributed by atoms with Gasteiger partial charge in [-0.1, -0.05) is 44.9 Å². The third-order valence-corrected chi connectivity index (χ3v) is 4.56. The zero-order valence-electron chi connectivity index (χ0n) is 11.7. The van der Waals surface area contributed by atoms with E-state index in [9.17, 15) is 9.90 Å². The molecule has 0 amide bonds. The lowest BCUT2D eigenvalue weighted by Gasteiger charge is -2.26. The van der Waals surface area contributed by atoms with Gasteiger partial charge in [0, 0.05) is 6.04 Å². The second-order valence-corrected chi connectivity index (χ2v) is 6.18. The van der Waals surface area contributed by atoms with E-state index >= 15 is 0 Å². The SMILES string of the molecule is CCSc1nc(O)c(CC)c(=O)n1C1CCCCC1. The molecule has 1 saturated carbocycles. The van der Waals surface area contributed by atoms with Crippen molar-refractivity contribution in [1.82, 2.24) is 9.55 Å². The van der Waals surface area contributed by atoms with Crippen LogP contribution < -0.4 is 5.56 Å². The lowest BCUT2D eigenvalue weighted by molar-refractivity contribution is 0.315. The Kier molecular flexibility index (Phi) is 4.91. The molecule has 1 aliphatic carbocycles. The molecule has 0 bridgehead atoms. The van der Waals surface area contributed by atoms with Gasteiger partial charge in [0.25, 0.3) is 5.56 Å². The summed E-state index contributed by atoms with van der Waals surface area (Å²) >= 11 is 1.53. The van der Waals surface area contributed by atoms with E-state index in [1.165, 1.54) is 31.0 Å². The number of hydrogen-bond donors (Lipinski definition) is 1. The molecule has 4 nitrogen and oxygen atoms in total. The van der Waals surface area contributed by atoms with E-state index in [0.29, 0.717) is 17.1 Å². The van der Waals surface area contributed by atoms with E-state index < -0.39 is 0 Å². The lowest BCUT2D eigenvalue weighted by atomic mass is 9.95. The number of rotatable bonds is 4. The summed E-state index contributed by atoms with van der Waals surface area (Å²) in [6, 6.07) is 0.258.